The summed E-state index contributed by atoms with van der Waals surface area (Å²) in [6, 6.07) is 0. The summed E-state index contributed by atoms with van der Waals surface area (Å²) >= 11 is 0. The van der Waals surface area contributed by atoms with E-state index in [1.807, 2.05) is 0 Å². The summed E-state index contributed by atoms with van der Waals surface area (Å²) in [7, 11) is 0. The van der Waals surface area contributed by atoms with Crippen LogP contribution in [0.3, 0.4) is 0 Å². The van der Waals surface area contributed by atoms with Crippen molar-refractivity contribution in [1.29, 1.82) is 0 Å². The summed E-state index contributed by atoms with van der Waals surface area (Å²) < 4.78 is 0. The van der Waals surface area contributed by atoms with E-state index in [0.29, 0.717) is 0 Å². The molecule has 0 aliphatic heterocycles. The molecule has 0 rings (SSSR count). The Labute approximate surface area is 98.4 Å². The van der Waals surface area contributed by atoms with Gasteiger partial charge in [0.05, 0.1) is 0 Å². The van der Waals surface area contributed by atoms with Crippen LogP contribution in [0, 0.1) is 12.8 Å². The SMILES string of the molecule is C[C-](C)C.[CH2-]CCCCC.[Y]. The Bertz CT molecular complexity index is 35.4. The van der Waals surface area contributed by atoms with Gasteiger partial charge >= 0.3 is 0 Å². The van der Waals surface area contributed by atoms with Crippen molar-refractivity contribution < 1.29 is 32.7 Å². The first-order chi connectivity index (χ1) is 4.65. The molecule has 0 saturated carbocycles. The van der Waals surface area contributed by atoms with Crippen LogP contribution < -0.4 is 0 Å². The smallest absolute Gasteiger partial charge is 0 e. The van der Waals surface area contributed by atoms with Crippen molar-refractivity contribution in [3.63, 3.8) is 0 Å². The molecule has 0 nitrogen and oxygen atoms in total. The summed E-state index contributed by atoms with van der Waals surface area (Å²) in [6.07, 6.45) is 5.07. The third kappa shape index (κ3) is 54.6. The zero-order valence-corrected chi connectivity index (χ0v) is 11.5. The third-order valence-electron chi connectivity index (χ3n) is 0.854. The number of hydrogen-bond donors (Lipinski definition) is 0. The van der Waals surface area contributed by atoms with E-state index in [1.54, 1.807) is 0 Å². The molecule has 11 heavy (non-hydrogen) atoms. The predicted octanol–water partition coefficient (Wildman–Crippen LogP) is 4.02. The molecule has 0 spiro atoms. The first-order valence-electron chi connectivity index (χ1n) is 4.21. The minimum Gasteiger partial charge on any atom is -0.343 e. The van der Waals surface area contributed by atoms with Crippen LogP contribution in [0.5, 0.6) is 0 Å². The number of rotatable bonds is 3. The van der Waals surface area contributed by atoms with E-state index in [9.17, 15) is 0 Å². The normalized spacial score (nSPS) is 8.18. The molecule has 0 aromatic heterocycles. The van der Waals surface area contributed by atoms with Crippen LogP contribution in [-0.2, 0) is 32.7 Å². The Kier molecular flexibility index (Phi) is 28.3. The summed E-state index contributed by atoms with van der Waals surface area (Å²) in [5, 5.41) is 0. The van der Waals surface area contributed by atoms with Crippen molar-refractivity contribution in [3.05, 3.63) is 12.8 Å². The van der Waals surface area contributed by atoms with E-state index in [2.05, 4.69) is 34.6 Å². The molecule has 0 heterocycles. The molecule has 67 valence electrons. The number of unbranched alkanes of at least 4 members (excludes halogenated alkanes) is 3. The fourth-order valence-corrected chi connectivity index (χ4v) is 0.427. The Hall–Kier alpha value is 1.10. The van der Waals surface area contributed by atoms with E-state index in [-0.39, 0.29) is 32.7 Å². The minimum atomic E-state index is 0. The molecule has 0 N–H and O–H groups in total. The standard InChI is InChI=1S/C6H13.C4H9.Y/c1-3-5-6-4-2;1-4(2)3;/h1,3-6H2,2H3;1-3H3;/q2*-1;. The second kappa shape index (κ2) is 17.3. The van der Waals surface area contributed by atoms with Crippen molar-refractivity contribution in [3.8, 4) is 0 Å². The molecule has 0 aliphatic rings. The average molecular weight is 231 g/mol. The summed E-state index contributed by atoms with van der Waals surface area (Å²) in [6.45, 7) is 12.2. The molecule has 0 aromatic carbocycles. The third-order valence-corrected chi connectivity index (χ3v) is 0.854. The predicted molar refractivity (Wildman–Crippen MR) is 49.8 cm³/mol. The van der Waals surface area contributed by atoms with Crippen LogP contribution in [0.15, 0.2) is 0 Å². The van der Waals surface area contributed by atoms with Crippen molar-refractivity contribution in [2.24, 2.45) is 0 Å². The summed E-state index contributed by atoms with van der Waals surface area (Å²) in [5.74, 6) is 1.42. The molecule has 0 atom stereocenters. The molecule has 0 saturated heterocycles. The van der Waals surface area contributed by atoms with Gasteiger partial charge in [0.2, 0.25) is 0 Å². The molecule has 0 aliphatic carbocycles. The Morgan fingerprint density at radius 3 is 1.55 bits per heavy atom. The summed E-state index contributed by atoms with van der Waals surface area (Å²) in [5.41, 5.74) is 0. The zero-order chi connectivity index (χ0) is 8.41. The van der Waals surface area contributed by atoms with Crippen molar-refractivity contribution in [1.82, 2.24) is 0 Å². The average Bonchev–Trinajstić information content (AvgIpc) is 1.82. The fraction of sp³-hybridized carbons (Fsp3) is 0.800. The topological polar surface area (TPSA) is 0 Å². The van der Waals surface area contributed by atoms with Gasteiger partial charge in [-0.3, -0.25) is 0 Å². The monoisotopic (exact) mass is 231 g/mol. The van der Waals surface area contributed by atoms with E-state index in [4.69, 9.17) is 0 Å². The van der Waals surface area contributed by atoms with Crippen LogP contribution in [0.1, 0.15) is 53.4 Å². The zero-order valence-electron chi connectivity index (χ0n) is 8.61. The van der Waals surface area contributed by atoms with Crippen LogP contribution in [0.25, 0.3) is 0 Å². The van der Waals surface area contributed by atoms with Gasteiger partial charge in [-0.1, -0.05) is 26.2 Å². The largest absolute Gasteiger partial charge is 0.343 e. The van der Waals surface area contributed by atoms with Gasteiger partial charge < -0.3 is 12.8 Å². The number of hydrogen-bond acceptors (Lipinski definition) is 0. The Balaban J connectivity index is -0.000000114. The van der Waals surface area contributed by atoms with Gasteiger partial charge in [-0.15, -0.1) is 0 Å². The maximum Gasteiger partial charge on any atom is 0 e. The van der Waals surface area contributed by atoms with Crippen molar-refractivity contribution in [2.75, 3.05) is 0 Å². The second-order valence-corrected chi connectivity index (χ2v) is 3.06. The van der Waals surface area contributed by atoms with E-state index >= 15 is 0 Å². The van der Waals surface area contributed by atoms with Gasteiger partial charge in [0, 0.05) is 32.7 Å². The van der Waals surface area contributed by atoms with Gasteiger partial charge in [-0.2, -0.15) is 27.2 Å². The molecule has 1 heteroatoms. The minimum absolute atomic E-state index is 0. The maximum absolute atomic E-state index is 3.72. The van der Waals surface area contributed by atoms with Gasteiger partial charge in [0.25, 0.3) is 0 Å². The first kappa shape index (κ1) is 18.0. The molecule has 0 unspecified atom stereocenters. The van der Waals surface area contributed by atoms with Gasteiger partial charge in [0.15, 0.2) is 0 Å². The summed E-state index contributed by atoms with van der Waals surface area (Å²) in [4.78, 5) is 0. The first-order valence-corrected chi connectivity index (χ1v) is 4.21. The van der Waals surface area contributed by atoms with Crippen molar-refractivity contribution >= 4 is 0 Å². The van der Waals surface area contributed by atoms with E-state index in [0.717, 1.165) is 6.42 Å². The van der Waals surface area contributed by atoms with Crippen LogP contribution in [-0.4, -0.2) is 0 Å². The van der Waals surface area contributed by atoms with Crippen molar-refractivity contribution in [2.45, 2.75) is 53.4 Å². The van der Waals surface area contributed by atoms with Crippen LogP contribution >= 0.6 is 0 Å². The van der Waals surface area contributed by atoms with Gasteiger partial charge in [-0.25, -0.2) is 0 Å². The second-order valence-electron chi connectivity index (χ2n) is 3.06. The molecule has 0 aromatic rings. The van der Waals surface area contributed by atoms with E-state index < -0.39 is 0 Å². The quantitative estimate of drug-likeness (QED) is 0.508. The maximum atomic E-state index is 3.72. The molecule has 0 fully saturated rings. The van der Waals surface area contributed by atoms with Gasteiger partial charge in [-0.05, 0) is 0 Å². The molecular weight excluding hydrogens is 209 g/mol. The van der Waals surface area contributed by atoms with E-state index in [1.165, 1.54) is 25.2 Å². The van der Waals surface area contributed by atoms with Gasteiger partial charge in [0.1, 0.15) is 0 Å². The van der Waals surface area contributed by atoms with Crippen LogP contribution in [0.4, 0.5) is 0 Å². The van der Waals surface area contributed by atoms with Crippen LogP contribution in [0.2, 0.25) is 0 Å². The molecule has 0 bridgehead atoms. The Morgan fingerprint density at radius 2 is 1.45 bits per heavy atom. The molecule has 0 amide bonds. The fourth-order valence-electron chi connectivity index (χ4n) is 0.427. The molecule has 1 radical (unpaired) electrons. The molecular formula is C10H22Y-2. The Morgan fingerprint density at radius 1 is 1.09 bits per heavy atom.